The summed E-state index contributed by atoms with van der Waals surface area (Å²) in [5, 5.41) is 7.98. The molecule has 2 aromatic rings. The molecule has 0 fully saturated rings. The Kier molecular flexibility index (Phi) is 10.4. The van der Waals surface area contributed by atoms with Crippen molar-refractivity contribution in [3.63, 3.8) is 0 Å². The van der Waals surface area contributed by atoms with Crippen LogP contribution in [0.4, 0.5) is 4.39 Å². The van der Waals surface area contributed by atoms with E-state index in [2.05, 4.69) is 16.0 Å². The highest BCUT2D eigenvalue weighted by atomic mass is 19.1. The normalized spacial score (nSPS) is 18.7. The van der Waals surface area contributed by atoms with Gasteiger partial charge in [0.2, 0.25) is 23.6 Å². The SMILES string of the molecule is CN1CCOc2ccccc2C(=O)N[C@H](C(=O)NCC(C)(C)c2ccc(F)cc2)CC(=O)N[C@@H](CCC(N)=O)C1=O. The molecular formula is C29H36FN5O6. The summed E-state index contributed by atoms with van der Waals surface area (Å²) in [6.45, 7) is 4.03. The number of rotatable bonds is 7. The molecule has 0 radical (unpaired) electrons. The van der Waals surface area contributed by atoms with Gasteiger partial charge in [-0.05, 0) is 36.2 Å². The van der Waals surface area contributed by atoms with Gasteiger partial charge in [-0.3, -0.25) is 24.0 Å². The van der Waals surface area contributed by atoms with Crippen molar-refractivity contribution < 1.29 is 33.1 Å². The number of nitrogens with one attached hydrogen (secondary N) is 3. The van der Waals surface area contributed by atoms with Gasteiger partial charge in [0.1, 0.15) is 30.3 Å². The zero-order valence-electron chi connectivity index (χ0n) is 23.4. The van der Waals surface area contributed by atoms with Crippen LogP contribution < -0.4 is 26.4 Å². The van der Waals surface area contributed by atoms with Gasteiger partial charge in [0.05, 0.1) is 18.5 Å². The van der Waals surface area contributed by atoms with E-state index in [9.17, 15) is 28.4 Å². The van der Waals surface area contributed by atoms with E-state index in [1.807, 2.05) is 13.8 Å². The largest absolute Gasteiger partial charge is 0.491 e. The van der Waals surface area contributed by atoms with Crippen LogP contribution in [0, 0.1) is 5.82 Å². The van der Waals surface area contributed by atoms with E-state index >= 15 is 0 Å². The molecule has 5 N–H and O–H groups in total. The van der Waals surface area contributed by atoms with Gasteiger partial charge < -0.3 is 31.3 Å². The van der Waals surface area contributed by atoms with Crippen molar-refractivity contribution in [2.45, 2.75) is 50.6 Å². The molecule has 41 heavy (non-hydrogen) atoms. The summed E-state index contributed by atoms with van der Waals surface area (Å²) in [7, 11) is 1.53. The topological polar surface area (TPSA) is 160 Å². The fraction of sp³-hybridized carbons (Fsp3) is 0.414. The standard InChI is InChI=1S/C29H36FN5O6/c1-29(2,18-8-10-19(30)11-9-18)17-32-27(39)22-16-25(37)33-21(12-13-24(31)36)28(40)35(3)14-15-41-23-7-5-4-6-20(23)26(38)34-22/h4-11,21-22H,12-17H2,1-3H3,(H2,31,36)(H,32,39)(H,33,37)(H,34,38)/t21-,22-/m0/s1. The average molecular weight is 570 g/mol. The highest BCUT2D eigenvalue weighted by molar-refractivity contribution is 6.01. The average Bonchev–Trinajstić information content (AvgIpc) is 2.93. The molecule has 1 aliphatic heterocycles. The molecule has 0 bridgehead atoms. The van der Waals surface area contributed by atoms with Gasteiger partial charge in [-0.1, -0.05) is 38.1 Å². The van der Waals surface area contributed by atoms with Crippen LogP contribution in [-0.4, -0.2) is 73.3 Å². The third kappa shape index (κ3) is 8.75. The van der Waals surface area contributed by atoms with Crippen molar-refractivity contribution in [1.29, 1.82) is 0 Å². The lowest BCUT2D eigenvalue weighted by Crippen LogP contribution is -2.53. The molecule has 1 aliphatic rings. The summed E-state index contributed by atoms with van der Waals surface area (Å²) in [6.07, 6.45) is -0.668. The van der Waals surface area contributed by atoms with E-state index in [0.29, 0.717) is 0 Å². The number of carbonyl (C=O) groups is 5. The van der Waals surface area contributed by atoms with Crippen LogP contribution in [0.5, 0.6) is 5.75 Å². The number of nitrogens with zero attached hydrogens (tertiary/aromatic N) is 1. The first-order chi connectivity index (χ1) is 19.4. The van der Waals surface area contributed by atoms with Crippen molar-refractivity contribution in [3.05, 3.63) is 65.5 Å². The summed E-state index contributed by atoms with van der Waals surface area (Å²) in [6, 6.07) is 9.94. The molecule has 0 aromatic heterocycles. The van der Waals surface area contributed by atoms with Gasteiger partial charge >= 0.3 is 0 Å². The number of primary amides is 1. The number of hydrogen-bond acceptors (Lipinski definition) is 6. The second-order valence-electron chi connectivity index (χ2n) is 10.6. The Balaban J connectivity index is 1.86. The fourth-order valence-corrected chi connectivity index (χ4v) is 4.31. The third-order valence-electron chi connectivity index (χ3n) is 6.85. The Morgan fingerprint density at radius 3 is 2.46 bits per heavy atom. The quantitative estimate of drug-likeness (QED) is 0.389. The Bertz CT molecular complexity index is 1280. The van der Waals surface area contributed by atoms with Crippen LogP contribution in [0.2, 0.25) is 0 Å². The Labute approximate surface area is 238 Å². The number of amides is 5. The van der Waals surface area contributed by atoms with Crippen molar-refractivity contribution in [2.24, 2.45) is 5.73 Å². The predicted molar refractivity (Wildman–Crippen MR) is 148 cm³/mol. The van der Waals surface area contributed by atoms with Crippen molar-refractivity contribution >= 4 is 29.5 Å². The molecule has 0 aliphatic carbocycles. The number of nitrogens with two attached hydrogens (primary N) is 1. The first kappa shape index (κ1) is 31.1. The minimum Gasteiger partial charge on any atom is -0.491 e. The van der Waals surface area contributed by atoms with Gasteiger partial charge in [0.25, 0.3) is 5.91 Å². The first-order valence-electron chi connectivity index (χ1n) is 13.3. The summed E-state index contributed by atoms with van der Waals surface area (Å²) in [4.78, 5) is 65.5. The highest BCUT2D eigenvalue weighted by Crippen LogP contribution is 2.23. The Morgan fingerprint density at radius 1 is 1.10 bits per heavy atom. The van der Waals surface area contributed by atoms with Crippen LogP contribution in [0.25, 0.3) is 0 Å². The molecule has 2 atom stereocenters. The molecule has 0 saturated heterocycles. The minimum atomic E-state index is -1.31. The summed E-state index contributed by atoms with van der Waals surface area (Å²) in [5.74, 6) is -3.17. The number of halogens is 1. The van der Waals surface area contributed by atoms with Crippen LogP contribution in [-0.2, 0) is 24.6 Å². The highest BCUT2D eigenvalue weighted by Gasteiger charge is 2.31. The number of benzene rings is 2. The van der Waals surface area contributed by atoms with Gasteiger partial charge in [0.15, 0.2) is 0 Å². The van der Waals surface area contributed by atoms with Crippen molar-refractivity contribution in [1.82, 2.24) is 20.9 Å². The Hall–Kier alpha value is -4.48. The molecule has 12 heteroatoms. The second kappa shape index (κ2) is 13.7. The number of ether oxygens (including phenoxy) is 1. The van der Waals surface area contributed by atoms with Gasteiger partial charge in [0, 0.05) is 25.4 Å². The summed E-state index contributed by atoms with van der Waals surface area (Å²) >= 11 is 0. The third-order valence-corrected chi connectivity index (χ3v) is 6.85. The molecule has 2 aromatic carbocycles. The maximum absolute atomic E-state index is 13.4. The molecular weight excluding hydrogens is 533 g/mol. The van der Waals surface area contributed by atoms with E-state index in [-0.39, 0.29) is 49.7 Å². The van der Waals surface area contributed by atoms with E-state index < -0.39 is 53.5 Å². The van der Waals surface area contributed by atoms with Crippen LogP contribution >= 0.6 is 0 Å². The van der Waals surface area contributed by atoms with Crippen molar-refractivity contribution in [2.75, 3.05) is 26.7 Å². The van der Waals surface area contributed by atoms with Crippen LogP contribution in [0.1, 0.15) is 49.0 Å². The maximum Gasteiger partial charge on any atom is 0.255 e. The van der Waals surface area contributed by atoms with E-state index in [4.69, 9.17) is 10.5 Å². The molecule has 11 nitrogen and oxygen atoms in total. The molecule has 1 heterocycles. The first-order valence-corrected chi connectivity index (χ1v) is 13.3. The summed E-state index contributed by atoms with van der Waals surface area (Å²) < 4.78 is 19.2. The van der Waals surface area contributed by atoms with Gasteiger partial charge in [-0.25, -0.2) is 4.39 Å². The monoisotopic (exact) mass is 569 g/mol. The molecule has 220 valence electrons. The zero-order chi connectivity index (χ0) is 30.2. The number of fused-ring (bicyclic) bond motifs is 1. The zero-order valence-corrected chi connectivity index (χ0v) is 23.4. The summed E-state index contributed by atoms with van der Waals surface area (Å²) in [5.41, 5.74) is 5.59. The maximum atomic E-state index is 13.4. The molecule has 0 unspecified atom stereocenters. The van der Waals surface area contributed by atoms with E-state index in [1.165, 1.54) is 30.1 Å². The van der Waals surface area contributed by atoms with E-state index in [0.717, 1.165) is 5.56 Å². The molecule has 5 amide bonds. The van der Waals surface area contributed by atoms with Gasteiger partial charge in [-0.15, -0.1) is 0 Å². The smallest absolute Gasteiger partial charge is 0.255 e. The lowest BCUT2D eigenvalue weighted by Gasteiger charge is -2.28. The lowest BCUT2D eigenvalue weighted by molar-refractivity contribution is -0.136. The van der Waals surface area contributed by atoms with Gasteiger partial charge in [-0.2, -0.15) is 0 Å². The molecule has 0 spiro atoms. The predicted octanol–water partition coefficient (Wildman–Crippen LogP) is 1.01. The molecule has 0 saturated carbocycles. The van der Waals surface area contributed by atoms with Crippen LogP contribution in [0.15, 0.2) is 48.5 Å². The number of hydrogen-bond donors (Lipinski definition) is 4. The van der Waals surface area contributed by atoms with Crippen LogP contribution in [0.3, 0.4) is 0 Å². The number of likely N-dealkylation sites (N-methyl/N-ethyl adjacent to an activating group) is 1. The molecule has 3 rings (SSSR count). The Morgan fingerprint density at radius 2 is 1.78 bits per heavy atom. The van der Waals surface area contributed by atoms with E-state index in [1.54, 1.807) is 30.3 Å². The number of carbonyl (C=O) groups excluding carboxylic acids is 5. The fourth-order valence-electron chi connectivity index (χ4n) is 4.31. The van der Waals surface area contributed by atoms with Crippen molar-refractivity contribution in [3.8, 4) is 5.75 Å². The number of para-hydroxylation sites is 1. The second-order valence-corrected chi connectivity index (χ2v) is 10.6. The minimum absolute atomic E-state index is 0.0387. The lowest BCUT2D eigenvalue weighted by atomic mass is 9.84.